The normalized spacial score (nSPS) is 31.5. The second-order valence-electron chi connectivity index (χ2n) is 6.41. The van der Waals surface area contributed by atoms with E-state index in [1.54, 1.807) is 0 Å². The fraction of sp³-hybridized carbons (Fsp3) is 0.938. The number of esters is 1. The number of likely N-dealkylation sites (tertiary alicyclic amines) is 1. The molecule has 0 aromatic rings. The van der Waals surface area contributed by atoms with Crippen molar-refractivity contribution in [2.24, 2.45) is 11.7 Å². The summed E-state index contributed by atoms with van der Waals surface area (Å²) in [5.41, 5.74) is 5.57. The molecule has 0 aromatic heterocycles. The summed E-state index contributed by atoms with van der Waals surface area (Å²) in [5, 5.41) is 0. The Morgan fingerprint density at radius 2 is 2.05 bits per heavy atom. The van der Waals surface area contributed by atoms with Gasteiger partial charge in [-0.3, -0.25) is 4.79 Å². The van der Waals surface area contributed by atoms with Crippen LogP contribution < -0.4 is 5.73 Å². The minimum Gasteiger partial charge on any atom is -0.468 e. The number of carbonyl (C=O) groups excluding carboxylic acids is 1. The number of ether oxygens (including phenoxy) is 2. The first kappa shape index (κ1) is 16.7. The number of piperidine rings is 1. The van der Waals surface area contributed by atoms with Crippen LogP contribution in [0.5, 0.6) is 0 Å². The summed E-state index contributed by atoms with van der Waals surface area (Å²) in [4.78, 5) is 14.4. The maximum absolute atomic E-state index is 11.9. The van der Waals surface area contributed by atoms with Gasteiger partial charge in [-0.2, -0.15) is 0 Å². The Kier molecular flexibility index (Phi) is 6.02. The van der Waals surface area contributed by atoms with E-state index in [9.17, 15) is 4.79 Å². The first-order valence-corrected chi connectivity index (χ1v) is 8.31. The monoisotopic (exact) mass is 298 g/mol. The standard InChI is InChI=1S/C16H30N2O3/c1-3-21-14-7-11-18(12-8-14)10-6-13-5-4-9-16(13,17)15(19)20-2/h13-14H,3-12,17H2,1-2H3. The molecular formula is C16H30N2O3. The third kappa shape index (κ3) is 3.96. The number of methoxy groups -OCH3 is 1. The molecule has 0 bridgehead atoms. The number of nitrogens with zero attached hydrogens (tertiary/aromatic N) is 1. The van der Waals surface area contributed by atoms with Crippen LogP contribution in [0, 0.1) is 5.92 Å². The van der Waals surface area contributed by atoms with Crippen LogP contribution in [0.25, 0.3) is 0 Å². The molecule has 1 heterocycles. The number of hydrogen-bond donors (Lipinski definition) is 1. The van der Waals surface area contributed by atoms with Crippen molar-refractivity contribution < 1.29 is 14.3 Å². The largest absolute Gasteiger partial charge is 0.468 e. The number of carbonyl (C=O) groups is 1. The molecule has 122 valence electrons. The van der Waals surface area contributed by atoms with Gasteiger partial charge in [-0.1, -0.05) is 6.42 Å². The SMILES string of the molecule is CCOC1CCN(CCC2CCCC2(N)C(=O)OC)CC1. The van der Waals surface area contributed by atoms with Crippen LogP contribution in [0.2, 0.25) is 0 Å². The second kappa shape index (κ2) is 7.56. The van der Waals surface area contributed by atoms with Crippen molar-refractivity contribution in [2.75, 3.05) is 33.4 Å². The summed E-state index contributed by atoms with van der Waals surface area (Å²) in [7, 11) is 1.44. The minimum absolute atomic E-state index is 0.236. The van der Waals surface area contributed by atoms with Gasteiger partial charge in [0.1, 0.15) is 5.54 Å². The Labute approximate surface area is 128 Å². The number of hydrogen-bond acceptors (Lipinski definition) is 5. The van der Waals surface area contributed by atoms with Gasteiger partial charge in [0, 0.05) is 19.7 Å². The van der Waals surface area contributed by atoms with E-state index in [1.807, 2.05) is 0 Å². The number of nitrogens with two attached hydrogens (primary N) is 1. The molecule has 1 aliphatic carbocycles. The van der Waals surface area contributed by atoms with Crippen molar-refractivity contribution in [3.63, 3.8) is 0 Å². The van der Waals surface area contributed by atoms with E-state index in [0.29, 0.717) is 6.10 Å². The zero-order valence-corrected chi connectivity index (χ0v) is 13.5. The predicted octanol–water partition coefficient (Wildman–Crippen LogP) is 1.55. The zero-order chi connectivity index (χ0) is 15.3. The molecule has 0 spiro atoms. The maximum Gasteiger partial charge on any atom is 0.326 e. The van der Waals surface area contributed by atoms with Crippen molar-refractivity contribution >= 4 is 5.97 Å². The fourth-order valence-corrected chi connectivity index (χ4v) is 3.84. The molecule has 2 fully saturated rings. The summed E-state index contributed by atoms with van der Waals surface area (Å²) < 4.78 is 10.6. The average molecular weight is 298 g/mol. The molecule has 0 amide bonds. The zero-order valence-electron chi connectivity index (χ0n) is 13.5. The second-order valence-corrected chi connectivity index (χ2v) is 6.41. The van der Waals surface area contributed by atoms with Gasteiger partial charge in [0.25, 0.3) is 0 Å². The lowest BCUT2D eigenvalue weighted by Gasteiger charge is -2.34. The molecule has 5 heteroatoms. The highest BCUT2D eigenvalue weighted by molar-refractivity contribution is 5.81. The van der Waals surface area contributed by atoms with E-state index in [0.717, 1.165) is 64.8 Å². The Bertz CT molecular complexity index is 342. The molecule has 2 unspecified atom stereocenters. The van der Waals surface area contributed by atoms with Crippen LogP contribution in [-0.2, 0) is 14.3 Å². The van der Waals surface area contributed by atoms with Crippen molar-refractivity contribution in [1.82, 2.24) is 4.90 Å². The van der Waals surface area contributed by atoms with Gasteiger partial charge in [-0.25, -0.2) is 0 Å². The highest BCUT2D eigenvalue weighted by Gasteiger charge is 2.46. The van der Waals surface area contributed by atoms with E-state index in [-0.39, 0.29) is 11.9 Å². The molecule has 1 saturated carbocycles. The van der Waals surface area contributed by atoms with Crippen molar-refractivity contribution in [3.8, 4) is 0 Å². The summed E-state index contributed by atoms with van der Waals surface area (Å²) >= 11 is 0. The first-order valence-electron chi connectivity index (χ1n) is 8.31. The fourth-order valence-electron chi connectivity index (χ4n) is 3.84. The third-order valence-electron chi connectivity index (χ3n) is 5.17. The van der Waals surface area contributed by atoms with Crippen LogP contribution in [0.15, 0.2) is 0 Å². The van der Waals surface area contributed by atoms with E-state index in [2.05, 4.69) is 11.8 Å². The Balaban J connectivity index is 1.77. The molecular weight excluding hydrogens is 268 g/mol. The topological polar surface area (TPSA) is 64.8 Å². The van der Waals surface area contributed by atoms with Gasteiger partial charge in [0.15, 0.2) is 0 Å². The highest BCUT2D eigenvalue weighted by atomic mass is 16.5. The lowest BCUT2D eigenvalue weighted by atomic mass is 9.85. The van der Waals surface area contributed by atoms with E-state index in [4.69, 9.17) is 15.2 Å². The molecule has 1 aliphatic heterocycles. The molecule has 0 radical (unpaired) electrons. The van der Waals surface area contributed by atoms with Crippen LogP contribution in [0.3, 0.4) is 0 Å². The van der Waals surface area contributed by atoms with E-state index in [1.165, 1.54) is 7.11 Å². The summed E-state index contributed by atoms with van der Waals surface area (Å²) in [6.07, 6.45) is 6.49. The summed E-state index contributed by atoms with van der Waals surface area (Å²) in [6, 6.07) is 0. The molecule has 2 N–H and O–H groups in total. The van der Waals surface area contributed by atoms with Gasteiger partial charge >= 0.3 is 5.97 Å². The van der Waals surface area contributed by atoms with Gasteiger partial charge in [-0.15, -0.1) is 0 Å². The quantitative estimate of drug-likeness (QED) is 0.754. The van der Waals surface area contributed by atoms with Crippen molar-refractivity contribution in [1.29, 1.82) is 0 Å². The minimum atomic E-state index is -0.752. The van der Waals surface area contributed by atoms with Crippen LogP contribution in [0.4, 0.5) is 0 Å². The maximum atomic E-state index is 11.9. The molecule has 5 nitrogen and oxygen atoms in total. The van der Waals surface area contributed by atoms with Gasteiger partial charge < -0.3 is 20.1 Å². The molecule has 1 saturated heterocycles. The van der Waals surface area contributed by atoms with Gasteiger partial charge in [0.05, 0.1) is 13.2 Å². The van der Waals surface area contributed by atoms with Crippen LogP contribution >= 0.6 is 0 Å². The molecule has 2 rings (SSSR count). The molecule has 21 heavy (non-hydrogen) atoms. The van der Waals surface area contributed by atoms with E-state index < -0.39 is 5.54 Å². The molecule has 0 aromatic carbocycles. The predicted molar refractivity (Wildman–Crippen MR) is 82.0 cm³/mol. The molecule has 2 atom stereocenters. The van der Waals surface area contributed by atoms with Crippen molar-refractivity contribution in [3.05, 3.63) is 0 Å². The van der Waals surface area contributed by atoms with Gasteiger partial charge in [-0.05, 0) is 51.5 Å². The van der Waals surface area contributed by atoms with Crippen LogP contribution in [-0.4, -0.2) is 55.9 Å². The summed E-state index contributed by atoms with van der Waals surface area (Å²) in [5.74, 6) is 0.0228. The third-order valence-corrected chi connectivity index (χ3v) is 5.17. The van der Waals surface area contributed by atoms with Crippen molar-refractivity contribution in [2.45, 2.75) is 57.1 Å². The summed E-state index contributed by atoms with van der Waals surface area (Å²) in [6.45, 7) is 6.07. The lowest BCUT2D eigenvalue weighted by Crippen LogP contribution is -2.52. The number of rotatable bonds is 6. The average Bonchev–Trinajstić information content (AvgIpc) is 2.88. The highest BCUT2D eigenvalue weighted by Crippen LogP contribution is 2.37. The Morgan fingerprint density at radius 3 is 2.67 bits per heavy atom. The van der Waals surface area contributed by atoms with Gasteiger partial charge in [0.2, 0.25) is 0 Å². The molecule has 2 aliphatic rings. The smallest absolute Gasteiger partial charge is 0.326 e. The Morgan fingerprint density at radius 1 is 1.33 bits per heavy atom. The first-order chi connectivity index (χ1) is 10.1. The van der Waals surface area contributed by atoms with E-state index >= 15 is 0 Å². The Hall–Kier alpha value is -0.650. The lowest BCUT2D eigenvalue weighted by molar-refractivity contribution is -0.148. The van der Waals surface area contributed by atoms with Crippen LogP contribution in [0.1, 0.15) is 45.4 Å².